The molecule has 16 heavy (non-hydrogen) atoms. The molecule has 0 spiro atoms. The van der Waals surface area contributed by atoms with Crippen LogP contribution in [0.2, 0.25) is 0 Å². The van der Waals surface area contributed by atoms with Crippen LogP contribution in [0.15, 0.2) is 29.4 Å². The average molecular weight is 258 g/mol. The van der Waals surface area contributed by atoms with Gasteiger partial charge in [0.2, 0.25) is 0 Å². The van der Waals surface area contributed by atoms with E-state index in [1.807, 2.05) is 24.3 Å². The second-order valence-electron chi connectivity index (χ2n) is 2.84. The lowest BCUT2D eigenvalue weighted by Crippen LogP contribution is -2.23. The maximum Gasteiger partial charge on any atom is 0.184 e. The Morgan fingerprint density at radius 2 is 2.19 bits per heavy atom. The van der Waals surface area contributed by atoms with Crippen LogP contribution in [0.4, 0.5) is 0 Å². The smallest absolute Gasteiger partial charge is 0.184 e. The normalized spacial score (nSPS) is 10.3. The minimum absolute atomic E-state index is 0.137. The summed E-state index contributed by atoms with van der Waals surface area (Å²) in [7, 11) is 0. The fraction of sp³-hybridized carbons (Fsp3) is 0.200. The fourth-order valence-electron chi connectivity index (χ4n) is 0.977. The number of nitrogens with one attached hydrogen (secondary N) is 1. The summed E-state index contributed by atoms with van der Waals surface area (Å²) >= 11 is 10.1. The third kappa shape index (κ3) is 4.95. The van der Waals surface area contributed by atoms with Crippen LogP contribution < -0.4 is 15.9 Å². The van der Waals surface area contributed by atoms with Gasteiger partial charge in [-0.2, -0.15) is 5.10 Å². The summed E-state index contributed by atoms with van der Waals surface area (Å²) in [5.41, 5.74) is 8.60. The molecule has 6 heteroatoms. The maximum absolute atomic E-state index is 5.50. The first-order chi connectivity index (χ1) is 7.72. The van der Waals surface area contributed by atoms with Gasteiger partial charge in [-0.15, -0.1) is 11.6 Å². The molecule has 0 aliphatic rings. The number of halogens is 1. The molecule has 1 aromatic rings. The number of benzene rings is 1. The topological polar surface area (TPSA) is 59.6 Å². The highest BCUT2D eigenvalue weighted by molar-refractivity contribution is 7.80. The van der Waals surface area contributed by atoms with Crippen molar-refractivity contribution in [1.29, 1.82) is 0 Å². The van der Waals surface area contributed by atoms with Crippen LogP contribution in [-0.2, 0) is 0 Å². The van der Waals surface area contributed by atoms with E-state index in [9.17, 15) is 0 Å². The third-order valence-corrected chi connectivity index (χ3v) is 1.86. The third-order valence-electron chi connectivity index (χ3n) is 1.61. The summed E-state index contributed by atoms with van der Waals surface area (Å²) in [5.74, 6) is 1.25. The molecule has 0 radical (unpaired) electrons. The Balaban J connectivity index is 2.50. The maximum atomic E-state index is 5.50. The Morgan fingerprint density at radius 1 is 1.50 bits per heavy atom. The van der Waals surface area contributed by atoms with Gasteiger partial charge in [0.25, 0.3) is 0 Å². The minimum atomic E-state index is 0.137. The first kappa shape index (κ1) is 12.7. The van der Waals surface area contributed by atoms with Crippen LogP contribution in [0.5, 0.6) is 5.75 Å². The number of ether oxygens (including phenoxy) is 1. The van der Waals surface area contributed by atoms with Crippen LogP contribution in [0.1, 0.15) is 5.56 Å². The van der Waals surface area contributed by atoms with Crippen molar-refractivity contribution in [2.45, 2.75) is 0 Å². The van der Waals surface area contributed by atoms with Gasteiger partial charge in [-0.05, 0) is 42.0 Å². The van der Waals surface area contributed by atoms with E-state index in [1.165, 1.54) is 0 Å². The Kier molecular flexibility index (Phi) is 5.60. The monoisotopic (exact) mass is 257 g/mol. The van der Waals surface area contributed by atoms with E-state index in [2.05, 4.69) is 22.7 Å². The number of hydrazone groups is 1. The highest BCUT2D eigenvalue weighted by Crippen LogP contribution is 2.10. The zero-order valence-corrected chi connectivity index (χ0v) is 10.1. The Labute approximate surface area is 104 Å². The Hall–Kier alpha value is -1.33. The van der Waals surface area contributed by atoms with Gasteiger partial charge in [0.05, 0.1) is 12.1 Å². The lowest BCUT2D eigenvalue weighted by molar-refractivity contribution is 0.343. The number of alkyl halides is 1. The molecule has 0 aliphatic heterocycles. The molecule has 1 rings (SSSR count). The summed E-state index contributed by atoms with van der Waals surface area (Å²) < 4.78 is 5.32. The van der Waals surface area contributed by atoms with E-state index in [4.69, 9.17) is 22.1 Å². The van der Waals surface area contributed by atoms with E-state index >= 15 is 0 Å². The van der Waals surface area contributed by atoms with Gasteiger partial charge in [-0.1, -0.05) is 0 Å². The van der Waals surface area contributed by atoms with Crippen molar-refractivity contribution in [3.8, 4) is 5.75 Å². The first-order valence-electron chi connectivity index (χ1n) is 4.59. The van der Waals surface area contributed by atoms with E-state index in [0.717, 1.165) is 11.3 Å². The molecule has 1 aromatic carbocycles. The standard InChI is InChI=1S/C10H12ClN3OS/c11-5-6-15-9-3-1-8(2-4-9)7-13-14-10(12)16/h1-4,7H,5-6H2,(H3,12,14,16). The van der Waals surface area contributed by atoms with Gasteiger partial charge in [0.15, 0.2) is 5.11 Å². The van der Waals surface area contributed by atoms with Crippen LogP contribution in [0.25, 0.3) is 0 Å². The molecule has 0 unspecified atom stereocenters. The SMILES string of the molecule is NC(=S)NN=Cc1ccc(OCCCl)cc1. The predicted octanol–water partition coefficient (Wildman–Crippen LogP) is 1.47. The molecule has 0 saturated carbocycles. The average Bonchev–Trinajstić information content (AvgIpc) is 2.27. The quantitative estimate of drug-likeness (QED) is 0.363. The van der Waals surface area contributed by atoms with Crippen molar-refractivity contribution in [1.82, 2.24) is 5.43 Å². The molecule has 0 amide bonds. The molecule has 0 atom stereocenters. The second-order valence-corrected chi connectivity index (χ2v) is 3.66. The zero-order valence-electron chi connectivity index (χ0n) is 8.52. The predicted molar refractivity (Wildman–Crippen MR) is 70.2 cm³/mol. The number of thiocarbonyl (C=S) groups is 1. The van der Waals surface area contributed by atoms with Gasteiger partial charge in [-0.25, -0.2) is 0 Å². The lowest BCUT2D eigenvalue weighted by atomic mass is 10.2. The highest BCUT2D eigenvalue weighted by atomic mass is 35.5. The van der Waals surface area contributed by atoms with E-state index in [1.54, 1.807) is 6.21 Å². The van der Waals surface area contributed by atoms with E-state index in [-0.39, 0.29) is 5.11 Å². The summed E-state index contributed by atoms with van der Waals surface area (Å²) in [6, 6.07) is 7.42. The first-order valence-corrected chi connectivity index (χ1v) is 5.54. The van der Waals surface area contributed by atoms with Crippen LogP contribution >= 0.6 is 23.8 Å². The van der Waals surface area contributed by atoms with Crippen molar-refractivity contribution in [2.24, 2.45) is 10.8 Å². The fourth-order valence-corrected chi connectivity index (χ4v) is 1.11. The number of hydrogen-bond donors (Lipinski definition) is 2. The molecule has 0 bridgehead atoms. The summed E-state index contributed by atoms with van der Waals surface area (Å²) in [6.45, 7) is 0.498. The molecule has 0 aliphatic carbocycles. The number of rotatable bonds is 5. The molecule has 0 saturated heterocycles. The molecule has 3 N–H and O–H groups in total. The van der Waals surface area contributed by atoms with Crippen molar-refractivity contribution >= 4 is 35.1 Å². The Morgan fingerprint density at radius 3 is 2.75 bits per heavy atom. The molecule has 0 fully saturated rings. The van der Waals surface area contributed by atoms with Crippen LogP contribution in [0.3, 0.4) is 0 Å². The molecule has 86 valence electrons. The molecule has 0 heterocycles. The van der Waals surface area contributed by atoms with E-state index in [0.29, 0.717) is 12.5 Å². The number of nitrogens with two attached hydrogens (primary N) is 1. The number of nitrogens with zero attached hydrogens (tertiary/aromatic N) is 1. The van der Waals surface area contributed by atoms with Gasteiger partial charge >= 0.3 is 0 Å². The van der Waals surface area contributed by atoms with E-state index < -0.39 is 0 Å². The Bertz CT molecular complexity index is 367. The van der Waals surface area contributed by atoms with Crippen molar-refractivity contribution in [3.05, 3.63) is 29.8 Å². The van der Waals surface area contributed by atoms with Gasteiger partial charge in [0.1, 0.15) is 12.4 Å². The van der Waals surface area contributed by atoms with Crippen LogP contribution in [0, 0.1) is 0 Å². The van der Waals surface area contributed by atoms with Crippen LogP contribution in [-0.4, -0.2) is 23.8 Å². The lowest BCUT2D eigenvalue weighted by Gasteiger charge is -2.03. The minimum Gasteiger partial charge on any atom is -0.492 e. The number of hydrogen-bond acceptors (Lipinski definition) is 3. The zero-order chi connectivity index (χ0) is 11.8. The largest absolute Gasteiger partial charge is 0.492 e. The summed E-state index contributed by atoms with van der Waals surface area (Å²) in [4.78, 5) is 0. The molecule has 0 aromatic heterocycles. The van der Waals surface area contributed by atoms with Gasteiger partial charge in [-0.3, -0.25) is 5.43 Å². The van der Waals surface area contributed by atoms with Gasteiger partial charge in [0, 0.05) is 0 Å². The van der Waals surface area contributed by atoms with Gasteiger partial charge < -0.3 is 10.5 Å². The molecular formula is C10H12ClN3OS. The molecular weight excluding hydrogens is 246 g/mol. The highest BCUT2D eigenvalue weighted by Gasteiger charge is 1.93. The molecule has 4 nitrogen and oxygen atoms in total. The van der Waals surface area contributed by atoms with Crippen molar-refractivity contribution < 1.29 is 4.74 Å². The second kappa shape index (κ2) is 7.03. The summed E-state index contributed by atoms with van der Waals surface area (Å²) in [5, 5.41) is 3.97. The summed E-state index contributed by atoms with van der Waals surface area (Å²) in [6.07, 6.45) is 1.62. The van der Waals surface area contributed by atoms with Crippen molar-refractivity contribution in [3.63, 3.8) is 0 Å². The van der Waals surface area contributed by atoms with Crippen molar-refractivity contribution in [2.75, 3.05) is 12.5 Å².